The molecule has 0 radical (unpaired) electrons. The average molecular weight is 792 g/mol. The summed E-state index contributed by atoms with van der Waals surface area (Å²) >= 11 is 0. The highest BCUT2D eigenvalue weighted by Crippen LogP contribution is 2.43. The molecular weight excluding hydrogens is 755 g/mol. The van der Waals surface area contributed by atoms with Gasteiger partial charge in [0.1, 0.15) is 47.2 Å². The Hall–Kier alpha value is -6.27. The Bertz CT molecular complexity index is 2590. The number of halogens is 4. The second-order valence-electron chi connectivity index (χ2n) is 15.4. The Morgan fingerprint density at radius 2 is 1.84 bits per heavy atom. The second-order valence-corrected chi connectivity index (χ2v) is 15.4. The van der Waals surface area contributed by atoms with E-state index in [0.717, 1.165) is 31.5 Å². The van der Waals surface area contributed by atoms with Crippen molar-refractivity contribution in [3.63, 3.8) is 0 Å². The lowest BCUT2D eigenvalue weighted by molar-refractivity contribution is -0.111. The van der Waals surface area contributed by atoms with Crippen molar-refractivity contribution >= 4 is 45.0 Å². The number of alkyl halides is 1. The molecule has 58 heavy (non-hydrogen) atoms. The first-order valence-corrected chi connectivity index (χ1v) is 19.1. The molecule has 0 spiro atoms. The number of ether oxygens (including phenoxy) is 1. The maximum Gasteiger partial charge on any atom is 0.319 e. The number of aromatic hydroxyl groups is 1. The van der Waals surface area contributed by atoms with Crippen molar-refractivity contribution in [2.45, 2.75) is 55.9 Å². The van der Waals surface area contributed by atoms with E-state index in [4.69, 9.17) is 16.1 Å². The molecule has 9 rings (SSSR count). The summed E-state index contributed by atoms with van der Waals surface area (Å²) in [7, 11) is 0. The van der Waals surface area contributed by atoms with Gasteiger partial charge in [-0.1, -0.05) is 18.6 Å². The third kappa shape index (κ3) is 6.23. The van der Waals surface area contributed by atoms with Crippen LogP contribution in [0.1, 0.15) is 48.0 Å². The predicted molar refractivity (Wildman–Crippen MR) is 209 cm³/mol. The number of piperazine rings is 1. The summed E-state index contributed by atoms with van der Waals surface area (Å²) in [5, 5.41) is 14.0. The van der Waals surface area contributed by atoms with Gasteiger partial charge < -0.3 is 25.0 Å². The number of amides is 2. The summed E-state index contributed by atoms with van der Waals surface area (Å²) in [6.07, 6.45) is 10.3. The first-order valence-electron chi connectivity index (χ1n) is 19.1. The number of terminal acetylenes is 1. The molecule has 3 aromatic carbocycles. The fourth-order valence-corrected chi connectivity index (χ4v) is 9.42. The molecule has 4 aliphatic heterocycles. The number of phenolic OH excluding ortho intramolecular Hbond substituents is 1. The lowest BCUT2D eigenvalue weighted by atomic mass is 9.95. The molecule has 4 aliphatic rings. The van der Waals surface area contributed by atoms with Crippen LogP contribution in [0.2, 0.25) is 0 Å². The average Bonchev–Trinajstić information content (AvgIpc) is 3.83. The van der Waals surface area contributed by atoms with E-state index in [0.29, 0.717) is 24.8 Å². The number of hydrogen-bond donors (Lipinski definition) is 2. The molecular formula is C43H37F4N7O4. The minimum absolute atomic E-state index is 0.0513. The van der Waals surface area contributed by atoms with Crippen LogP contribution >= 0.6 is 0 Å². The monoisotopic (exact) mass is 791 g/mol. The quantitative estimate of drug-likeness (QED) is 0.103. The minimum Gasteiger partial charge on any atom is -0.508 e. The Balaban J connectivity index is 1.11. The number of carbonyl (C=O) groups is 2. The van der Waals surface area contributed by atoms with Crippen LogP contribution < -0.4 is 15.0 Å². The number of phenols is 1. The maximum absolute atomic E-state index is 17.1. The summed E-state index contributed by atoms with van der Waals surface area (Å²) in [5.41, 5.74) is -0.982. The highest BCUT2D eigenvalue weighted by atomic mass is 19.1. The molecule has 2 aromatic heterocycles. The van der Waals surface area contributed by atoms with E-state index in [1.807, 2.05) is 4.90 Å². The highest BCUT2D eigenvalue weighted by molar-refractivity contribution is 6.03. The number of anilines is 2. The number of rotatable bonds is 8. The minimum atomic E-state index is -1.01. The van der Waals surface area contributed by atoms with E-state index in [1.54, 1.807) is 4.90 Å². The van der Waals surface area contributed by atoms with Gasteiger partial charge in [0, 0.05) is 48.9 Å². The molecule has 2 bridgehead atoms. The fraction of sp³-hybridized carbons (Fsp3) is 0.326. The van der Waals surface area contributed by atoms with Crippen molar-refractivity contribution in [1.29, 1.82) is 0 Å². The Labute approximate surface area is 330 Å². The van der Waals surface area contributed by atoms with Crippen LogP contribution in [-0.2, 0) is 4.79 Å². The Kier molecular flexibility index (Phi) is 9.19. The van der Waals surface area contributed by atoms with Crippen molar-refractivity contribution in [1.82, 2.24) is 24.8 Å². The van der Waals surface area contributed by atoms with Gasteiger partial charge in [-0.05, 0) is 80.1 Å². The van der Waals surface area contributed by atoms with Crippen molar-refractivity contribution < 1.29 is 37.0 Å². The van der Waals surface area contributed by atoms with Gasteiger partial charge in [0.15, 0.2) is 5.82 Å². The van der Waals surface area contributed by atoms with Gasteiger partial charge in [-0.2, -0.15) is 9.97 Å². The zero-order valence-electron chi connectivity index (χ0n) is 31.2. The molecule has 15 heteroatoms. The molecule has 0 aliphatic carbocycles. The maximum atomic E-state index is 17.1. The smallest absolute Gasteiger partial charge is 0.319 e. The fourth-order valence-electron chi connectivity index (χ4n) is 9.42. The number of hydrogen-bond acceptors (Lipinski definition) is 9. The van der Waals surface area contributed by atoms with Crippen molar-refractivity contribution in [2.75, 3.05) is 43.0 Å². The zero-order chi connectivity index (χ0) is 40.5. The van der Waals surface area contributed by atoms with Gasteiger partial charge >= 0.3 is 6.01 Å². The number of aromatic nitrogens is 3. The number of nitrogens with one attached hydrogen (secondary N) is 1. The van der Waals surface area contributed by atoms with Crippen LogP contribution in [0, 0.1) is 29.8 Å². The number of pyridine rings is 1. The van der Waals surface area contributed by atoms with Crippen LogP contribution in [-0.4, -0.2) is 98.3 Å². The van der Waals surface area contributed by atoms with Gasteiger partial charge in [-0.15, -0.1) is 6.42 Å². The van der Waals surface area contributed by atoms with Crippen LogP contribution in [0.3, 0.4) is 0 Å². The summed E-state index contributed by atoms with van der Waals surface area (Å²) in [6, 6.07) is 8.14. The topological polar surface area (TPSA) is 124 Å². The lowest BCUT2D eigenvalue weighted by Crippen LogP contribution is -2.56. The molecule has 6 heterocycles. The van der Waals surface area contributed by atoms with Crippen LogP contribution in [0.4, 0.5) is 29.1 Å². The van der Waals surface area contributed by atoms with E-state index in [-0.39, 0.29) is 100 Å². The van der Waals surface area contributed by atoms with Crippen LogP contribution in [0.25, 0.3) is 32.9 Å². The normalized spacial score (nSPS) is 22.6. The number of carbonyl (C=O) groups excluding carboxylic acids is 2. The molecule has 11 nitrogen and oxygen atoms in total. The third-order valence-electron chi connectivity index (χ3n) is 12.0. The highest BCUT2D eigenvalue weighted by Gasteiger charge is 2.50. The van der Waals surface area contributed by atoms with Gasteiger partial charge in [0.25, 0.3) is 5.91 Å². The summed E-state index contributed by atoms with van der Waals surface area (Å²) in [6.45, 7) is 5.03. The summed E-state index contributed by atoms with van der Waals surface area (Å²) < 4.78 is 68.2. The number of benzene rings is 3. The van der Waals surface area contributed by atoms with E-state index in [9.17, 15) is 23.5 Å². The summed E-state index contributed by atoms with van der Waals surface area (Å²) in [4.78, 5) is 45.3. The van der Waals surface area contributed by atoms with Crippen molar-refractivity contribution in [3.8, 4) is 35.4 Å². The lowest BCUT2D eigenvalue weighted by Gasteiger charge is -2.42. The van der Waals surface area contributed by atoms with Gasteiger partial charge in [0.05, 0.1) is 34.1 Å². The SMILES string of the molecule is C#Cc1c(F)ccc2cc(O)cc(-c3ncc4c(N5CC6CCC(C5)N6C(=O)c5cc(NC(=O)C=C)ccc5F)nc(OCC56CCCN5CC(F)C6)nc4c3F)c12. The van der Waals surface area contributed by atoms with Gasteiger partial charge in [0.2, 0.25) is 5.91 Å². The zero-order valence-corrected chi connectivity index (χ0v) is 31.2. The Morgan fingerprint density at radius 3 is 2.60 bits per heavy atom. The number of fused-ring (bicyclic) bond motifs is 5. The van der Waals surface area contributed by atoms with E-state index in [1.165, 1.54) is 42.6 Å². The van der Waals surface area contributed by atoms with Gasteiger partial charge in [-0.3, -0.25) is 19.5 Å². The molecule has 296 valence electrons. The first-order chi connectivity index (χ1) is 28.0. The Morgan fingerprint density at radius 1 is 1.07 bits per heavy atom. The van der Waals surface area contributed by atoms with Gasteiger partial charge in [-0.25, -0.2) is 17.6 Å². The molecule has 0 saturated carbocycles. The predicted octanol–water partition coefficient (Wildman–Crippen LogP) is 6.52. The third-order valence-corrected chi connectivity index (χ3v) is 12.0. The number of nitrogens with zero attached hydrogens (tertiary/aromatic N) is 6. The molecule has 2 amide bonds. The van der Waals surface area contributed by atoms with Crippen molar-refractivity contribution in [2.24, 2.45) is 0 Å². The van der Waals surface area contributed by atoms with Crippen LogP contribution in [0.5, 0.6) is 11.8 Å². The van der Waals surface area contributed by atoms with E-state index < -0.39 is 41.0 Å². The molecule has 4 saturated heterocycles. The van der Waals surface area contributed by atoms with Crippen molar-refractivity contribution in [3.05, 3.63) is 89.9 Å². The first kappa shape index (κ1) is 37.3. The summed E-state index contributed by atoms with van der Waals surface area (Å²) in [5.74, 6) is -0.956. The molecule has 4 atom stereocenters. The largest absolute Gasteiger partial charge is 0.508 e. The molecule has 4 unspecified atom stereocenters. The van der Waals surface area contributed by atoms with E-state index in [2.05, 4.69) is 32.7 Å². The second kappa shape index (κ2) is 14.3. The van der Waals surface area contributed by atoms with E-state index >= 15 is 8.78 Å². The van der Waals surface area contributed by atoms with Crippen LogP contribution in [0.15, 0.2) is 61.3 Å². The molecule has 2 N–H and O–H groups in total. The standard InChI is InChI=1S/C43H37F4N7O4/c1-3-29-33(45)10-6-23-14-28(55)16-31(36(23)29)38-37(47)39-32(18-48-38)40(51-42(50-39)58-22-43-12-5-13-53(43)19-24(44)17-43)52-20-26-8-9-27(21-52)54(26)41(57)30-15-25(7-11-34(30)46)49-35(56)4-2/h1,4,6-7,10-11,14-16,18,24,26-27,55H,2,5,8-9,12-13,17,19-22H2,(H,49,56). The molecule has 5 aromatic rings. The molecule has 4 fully saturated rings.